The van der Waals surface area contributed by atoms with E-state index in [0.717, 1.165) is 15.7 Å². The highest BCUT2D eigenvalue weighted by molar-refractivity contribution is 7.94. The predicted octanol–water partition coefficient (Wildman–Crippen LogP) is 0.119. The van der Waals surface area contributed by atoms with Gasteiger partial charge in [-0.3, -0.25) is 4.72 Å². The van der Waals surface area contributed by atoms with E-state index in [2.05, 4.69) is 4.72 Å². The van der Waals surface area contributed by atoms with Gasteiger partial charge in [-0.05, 0) is 12.1 Å². The molecule has 0 fully saturated rings. The number of hydrogen-bond donors (Lipinski definition) is 1. The van der Waals surface area contributed by atoms with Gasteiger partial charge in [0.25, 0.3) is 10.0 Å². The van der Waals surface area contributed by atoms with Crippen LogP contribution in [-0.4, -0.2) is 69.6 Å². The Morgan fingerprint density at radius 2 is 1.88 bits per heavy atom. The number of rotatable bonds is 5. The van der Waals surface area contributed by atoms with Gasteiger partial charge in [0.2, 0.25) is 5.25 Å². The maximum absolute atomic E-state index is 12.6. The molecule has 10 heteroatoms. The molecule has 3 amide bonds. The Hall–Kier alpha value is -2.62. The molecule has 1 atom stereocenters. The van der Waals surface area contributed by atoms with Crippen molar-refractivity contribution in [2.75, 3.05) is 33.0 Å². The summed E-state index contributed by atoms with van der Waals surface area (Å²) in [5.74, 6) is -0.114. The molecule has 0 aromatic heterocycles. The zero-order chi connectivity index (χ0) is 18.1. The number of imide groups is 1. The van der Waals surface area contributed by atoms with Crippen LogP contribution in [0, 0.1) is 0 Å². The normalized spacial score (nSPS) is 18.2. The molecule has 1 unspecified atom stereocenters. The Balaban J connectivity index is 2.39. The number of amides is 3. The Morgan fingerprint density at radius 1 is 1.21 bits per heavy atom. The number of sulfonamides is 1. The van der Waals surface area contributed by atoms with Crippen LogP contribution in [0.4, 0.5) is 10.5 Å². The van der Waals surface area contributed by atoms with Crippen molar-refractivity contribution in [1.29, 1.82) is 0 Å². The van der Waals surface area contributed by atoms with Gasteiger partial charge in [-0.1, -0.05) is 0 Å². The number of carbonyl (C=O) groups excluding carboxylic acids is 2. The summed E-state index contributed by atoms with van der Waals surface area (Å²) in [6.07, 6.45) is 1.06. The number of anilines is 1. The summed E-state index contributed by atoms with van der Waals surface area (Å²) in [5, 5.41) is -1.53. The number of nitrogens with one attached hydrogen (secondary N) is 1. The molecule has 1 heterocycles. The van der Waals surface area contributed by atoms with Crippen LogP contribution in [0.25, 0.3) is 0 Å². The third-order valence-electron chi connectivity index (χ3n) is 3.52. The quantitative estimate of drug-likeness (QED) is 0.752. The number of methoxy groups -OCH3 is 2. The van der Waals surface area contributed by atoms with E-state index < -0.39 is 27.2 Å². The molecule has 1 aromatic carbocycles. The first-order chi connectivity index (χ1) is 11.2. The molecule has 9 nitrogen and oxygen atoms in total. The fourth-order valence-electron chi connectivity index (χ4n) is 2.16. The molecule has 1 aliphatic rings. The van der Waals surface area contributed by atoms with E-state index in [1.165, 1.54) is 40.4 Å². The number of ether oxygens (including phenoxy) is 2. The van der Waals surface area contributed by atoms with E-state index in [9.17, 15) is 18.0 Å². The molecule has 1 aromatic rings. The van der Waals surface area contributed by atoms with E-state index in [1.54, 1.807) is 6.07 Å². The lowest BCUT2D eigenvalue weighted by molar-refractivity contribution is -0.399. The molecular formula is C14H18N3O6S+. The van der Waals surface area contributed by atoms with E-state index in [4.69, 9.17) is 9.47 Å². The average molecular weight is 356 g/mol. The first-order valence-corrected chi connectivity index (χ1v) is 8.39. The van der Waals surface area contributed by atoms with Crippen LogP contribution in [-0.2, 0) is 14.8 Å². The second-order valence-corrected chi connectivity index (χ2v) is 6.88. The maximum atomic E-state index is 12.6. The molecule has 1 aliphatic heterocycles. The number of carbonyl (C=O) groups is 2. The minimum absolute atomic E-state index is 0.154. The van der Waals surface area contributed by atoms with Gasteiger partial charge in [0.05, 0.1) is 34.0 Å². The SMILES string of the molecule is COc1ccc(NS(=O)(=O)C2C=[N+](C)C(=O)N(C)C2=O)c(OC)c1. The average Bonchev–Trinajstić information content (AvgIpc) is 2.56. The predicted molar refractivity (Wildman–Crippen MR) is 86.3 cm³/mol. The third-order valence-corrected chi connectivity index (χ3v) is 5.01. The number of benzene rings is 1. The Kier molecular flexibility index (Phi) is 4.78. The summed E-state index contributed by atoms with van der Waals surface area (Å²) in [4.78, 5) is 24.6. The van der Waals surface area contributed by atoms with Crippen LogP contribution in [0.3, 0.4) is 0 Å². The standard InChI is InChI=1S/C14H18N3O6S/c1-16-8-12(13(18)17(2)14(16)19)24(20,21)15-10-6-5-9(22-3)7-11(10)23-4/h5-8,12,15H,1-4H3/q+1. The number of hydrogen-bond acceptors (Lipinski definition) is 6. The molecular weight excluding hydrogens is 338 g/mol. The summed E-state index contributed by atoms with van der Waals surface area (Å²) in [7, 11) is 1.31. The zero-order valence-electron chi connectivity index (χ0n) is 13.6. The first kappa shape index (κ1) is 17.7. The van der Waals surface area contributed by atoms with Crippen LogP contribution >= 0.6 is 0 Å². The molecule has 0 radical (unpaired) electrons. The highest BCUT2D eigenvalue weighted by Crippen LogP contribution is 2.30. The summed E-state index contributed by atoms with van der Waals surface area (Å²) in [6.45, 7) is 0. The molecule has 0 saturated carbocycles. The largest absolute Gasteiger partial charge is 0.500 e. The Bertz CT molecular complexity index is 818. The number of urea groups is 1. The second kappa shape index (κ2) is 6.48. The minimum atomic E-state index is -4.14. The fourth-order valence-corrected chi connectivity index (χ4v) is 3.53. The molecule has 0 aliphatic carbocycles. The molecule has 0 saturated heterocycles. The van der Waals surface area contributed by atoms with Crippen LogP contribution in [0.5, 0.6) is 11.5 Å². The van der Waals surface area contributed by atoms with E-state index in [-0.39, 0.29) is 11.4 Å². The Morgan fingerprint density at radius 3 is 2.46 bits per heavy atom. The maximum Gasteiger partial charge on any atom is 0.500 e. The number of nitrogens with zero attached hydrogens (tertiary/aromatic N) is 2. The van der Waals surface area contributed by atoms with Gasteiger partial charge in [0.15, 0.2) is 0 Å². The van der Waals surface area contributed by atoms with Gasteiger partial charge in [-0.2, -0.15) is 9.69 Å². The topological polar surface area (TPSA) is 105 Å². The summed E-state index contributed by atoms with van der Waals surface area (Å²) >= 11 is 0. The third kappa shape index (κ3) is 3.18. The highest BCUT2D eigenvalue weighted by atomic mass is 32.2. The second-order valence-electron chi connectivity index (χ2n) is 5.07. The molecule has 130 valence electrons. The summed E-state index contributed by atoms with van der Waals surface area (Å²) in [6, 6.07) is 3.91. The van der Waals surface area contributed by atoms with Crippen molar-refractivity contribution < 1.29 is 32.1 Å². The molecule has 24 heavy (non-hydrogen) atoms. The Labute approximate surface area is 139 Å². The van der Waals surface area contributed by atoms with Crippen LogP contribution < -0.4 is 14.2 Å². The van der Waals surface area contributed by atoms with Crippen molar-refractivity contribution in [3.8, 4) is 11.5 Å². The van der Waals surface area contributed by atoms with Gasteiger partial charge in [-0.15, -0.1) is 0 Å². The minimum Gasteiger partial charge on any atom is -0.497 e. The van der Waals surface area contributed by atoms with Crippen molar-refractivity contribution in [2.24, 2.45) is 0 Å². The van der Waals surface area contributed by atoms with Crippen molar-refractivity contribution in [3.63, 3.8) is 0 Å². The molecule has 0 spiro atoms. The van der Waals surface area contributed by atoms with Crippen molar-refractivity contribution in [2.45, 2.75) is 5.25 Å². The van der Waals surface area contributed by atoms with Gasteiger partial charge < -0.3 is 9.47 Å². The smallest absolute Gasteiger partial charge is 0.497 e. The van der Waals surface area contributed by atoms with E-state index in [0.29, 0.717) is 5.75 Å². The first-order valence-electron chi connectivity index (χ1n) is 6.84. The van der Waals surface area contributed by atoms with Crippen LogP contribution in [0.2, 0.25) is 0 Å². The van der Waals surface area contributed by atoms with E-state index >= 15 is 0 Å². The van der Waals surface area contributed by atoms with Gasteiger partial charge in [-0.25, -0.2) is 17.8 Å². The van der Waals surface area contributed by atoms with Gasteiger partial charge >= 0.3 is 11.9 Å². The van der Waals surface area contributed by atoms with Gasteiger partial charge in [0, 0.05) is 6.07 Å². The molecule has 0 bridgehead atoms. The fraction of sp³-hybridized carbons (Fsp3) is 0.357. The van der Waals surface area contributed by atoms with Gasteiger partial charge in [0.1, 0.15) is 17.7 Å². The highest BCUT2D eigenvalue weighted by Gasteiger charge is 2.46. The molecule has 2 rings (SSSR count). The van der Waals surface area contributed by atoms with Crippen LogP contribution in [0.15, 0.2) is 18.2 Å². The monoisotopic (exact) mass is 356 g/mol. The lowest BCUT2D eigenvalue weighted by Gasteiger charge is -2.20. The van der Waals surface area contributed by atoms with Crippen LogP contribution in [0.1, 0.15) is 0 Å². The molecule has 1 N–H and O–H groups in total. The zero-order valence-corrected chi connectivity index (χ0v) is 14.5. The van der Waals surface area contributed by atoms with E-state index in [1.807, 2.05) is 0 Å². The van der Waals surface area contributed by atoms with Crippen molar-refractivity contribution >= 4 is 33.9 Å². The lowest BCUT2D eigenvalue weighted by atomic mass is 10.3. The van der Waals surface area contributed by atoms with Crippen molar-refractivity contribution in [3.05, 3.63) is 18.2 Å². The summed E-state index contributed by atoms with van der Waals surface area (Å²) < 4.78 is 38.7. The lowest BCUT2D eigenvalue weighted by Crippen LogP contribution is -2.54. The van der Waals surface area contributed by atoms with Crippen molar-refractivity contribution in [1.82, 2.24) is 4.90 Å². The summed E-state index contributed by atoms with van der Waals surface area (Å²) in [5.41, 5.74) is 0.154.